The Labute approximate surface area is 126 Å². The summed E-state index contributed by atoms with van der Waals surface area (Å²) >= 11 is 0. The van der Waals surface area contributed by atoms with Crippen LogP contribution in [0, 0.1) is 0 Å². The van der Waals surface area contributed by atoms with Crippen molar-refractivity contribution in [1.29, 1.82) is 0 Å². The molecule has 2 rings (SSSR count). The van der Waals surface area contributed by atoms with E-state index in [1.165, 1.54) is 12.8 Å². The molecule has 0 radical (unpaired) electrons. The first-order chi connectivity index (χ1) is 10.2. The highest BCUT2D eigenvalue weighted by Crippen LogP contribution is 2.27. The summed E-state index contributed by atoms with van der Waals surface area (Å²) < 4.78 is 10.5. The Bertz CT molecular complexity index is 462. The molecule has 1 aliphatic carbocycles. The molecule has 0 heterocycles. The number of carbonyl (C=O) groups is 1. The van der Waals surface area contributed by atoms with Gasteiger partial charge in [-0.1, -0.05) is 12.8 Å². The lowest BCUT2D eigenvalue weighted by Gasteiger charge is -2.29. The fraction of sp³-hybridized carbons (Fsp3) is 0.562. The number of rotatable bonds is 6. The van der Waals surface area contributed by atoms with Gasteiger partial charge in [0.15, 0.2) is 0 Å². The monoisotopic (exact) mass is 292 g/mol. The molecule has 1 aromatic rings. The van der Waals surface area contributed by atoms with Gasteiger partial charge in [0, 0.05) is 30.8 Å². The number of nitrogens with zero attached hydrogens (tertiary/aromatic N) is 1. The number of hydrogen-bond donors (Lipinski definition) is 1. The van der Waals surface area contributed by atoms with E-state index in [1.54, 1.807) is 32.4 Å². The first-order valence-corrected chi connectivity index (χ1v) is 7.43. The molecule has 116 valence electrons. The van der Waals surface area contributed by atoms with Crippen molar-refractivity contribution >= 4 is 5.91 Å². The fourth-order valence-electron chi connectivity index (χ4n) is 2.90. The normalized spacial score (nSPS) is 15.0. The van der Waals surface area contributed by atoms with Crippen molar-refractivity contribution in [2.24, 2.45) is 5.73 Å². The minimum Gasteiger partial charge on any atom is -0.497 e. The first-order valence-electron chi connectivity index (χ1n) is 7.43. The molecule has 5 heteroatoms. The van der Waals surface area contributed by atoms with Crippen LogP contribution in [0.25, 0.3) is 0 Å². The summed E-state index contributed by atoms with van der Waals surface area (Å²) in [5, 5.41) is 0. The van der Waals surface area contributed by atoms with Crippen LogP contribution in [0.3, 0.4) is 0 Å². The van der Waals surface area contributed by atoms with Gasteiger partial charge in [-0.2, -0.15) is 0 Å². The second-order valence-electron chi connectivity index (χ2n) is 5.33. The second-order valence-corrected chi connectivity index (χ2v) is 5.33. The number of amides is 1. The average molecular weight is 292 g/mol. The number of carbonyl (C=O) groups excluding carboxylic acids is 1. The number of ether oxygens (including phenoxy) is 2. The topological polar surface area (TPSA) is 64.8 Å². The second kappa shape index (κ2) is 7.31. The van der Waals surface area contributed by atoms with Gasteiger partial charge >= 0.3 is 0 Å². The molecule has 0 aromatic heterocycles. The Morgan fingerprint density at radius 3 is 2.24 bits per heavy atom. The predicted molar refractivity (Wildman–Crippen MR) is 81.9 cm³/mol. The zero-order chi connectivity index (χ0) is 15.2. The summed E-state index contributed by atoms with van der Waals surface area (Å²) in [5.74, 6) is 1.25. The van der Waals surface area contributed by atoms with E-state index in [1.807, 2.05) is 4.90 Å². The van der Waals surface area contributed by atoms with Gasteiger partial charge in [0.1, 0.15) is 11.5 Å². The Balaban J connectivity index is 2.26. The van der Waals surface area contributed by atoms with Crippen LogP contribution in [-0.4, -0.2) is 44.2 Å². The molecular weight excluding hydrogens is 268 g/mol. The van der Waals surface area contributed by atoms with Crippen molar-refractivity contribution < 1.29 is 14.3 Å². The van der Waals surface area contributed by atoms with E-state index in [9.17, 15) is 4.79 Å². The van der Waals surface area contributed by atoms with Gasteiger partial charge in [0.25, 0.3) is 5.91 Å². The first kappa shape index (κ1) is 15.6. The van der Waals surface area contributed by atoms with Crippen LogP contribution < -0.4 is 15.2 Å². The van der Waals surface area contributed by atoms with Crippen molar-refractivity contribution in [3.63, 3.8) is 0 Å². The van der Waals surface area contributed by atoms with Gasteiger partial charge < -0.3 is 20.1 Å². The third-order valence-corrected chi connectivity index (χ3v) is 3.99. The van der Waals surface area contributed by atoms with Gasteiger partial charge in [-0.3, -0.25) is 4.79 Å². The van der Waals surface area contributed by atoms with E-state index in [0.717, 1.165) is 12.8 Å². The smallest absolute Gasteiger partial charge is 0.254 e. The highest BCUT2D eigenvalue weighted by Gasteiger charge is 2.27. The zero-order valence-corrected chi connectivity index (χ0v) is 12.8. The van der Waals surface area contributed by atoms with Crippen molar-refractivity contribution in [3.05, 3.63) is 23.8 Å². The zero-order valence-electron chi connectivity index (χ0n) is 12.8. The SMILES string of the molecule is COc1cc(OC)cc(C(=O)N(CCN)C2CCCC2)c1. The van der Waals surface area contributed by atoms with Crippen LogP contribution >= 0.6 is 0 Å². The Kier molecular flexibility index (Phi) is 5.44. The maximum Gasteiger partial charge on any atom is 0.254 e. The lowest BCUT2D eigenvalue weighted by Crippen LogP contribution is -2.42. The molecule has 2 N–H and O–H groups in total. The number of hydrogen-bond acceptors (Lipinski definition) is 4. The summed E-state index contributed by atoms with van der Waals surface area (Å²) in [6.07, 6.45) is 4.49. The van der Waals surface area contributed by atoms with Crippen molar-refractivity contribution in [1.82, 2.24) is 4.90 Å². The van der Waals surface area contributed by atoms with Crippen LogP contribution in [0.2, 0.25) is 0 Å². The largest absolute Gasteiger partial charge is 0.497 e. The quantitative estimate of drug-likeness (QED) is 0.871. The summed E-state index contributed by atoms with van der Waals surface area (Å²) in [4.78, 5) is 14.7. The number of benzene rings is 1. The van der Waals surface area contributed by atoms with E-state index in [0.29, 0.717) is 36.2 Å². The lowest BCUT2D eigenvalue weighted by molar-refractivity contribution is 0.0687. The molecule has 0 atom stereocenters. The van der Waals surface area contributed by atoms with E-state index >= 15 is 0 Å². The van der Waals surface area contributed by atoms with Crippen molar-refractivity contribution in [2.75, 3.05) is 27.3 Å². The molecule has 0 bridgehead atoms. The molecule has 1 saturated carbocycles. The van der Waals surface area contributed by atoms with Gasteiger partial charge in [-0.05, 0) is 25.0 Å². The number of nitrogens with two attached hydrogens (primary N) is 1. The maximum atomic E-state index is 12.8. The summed E-state index contributed by atoms with van der Waals surface area (Å²) in [6.45, 7) is 1.06. The van der Waals surface area contributed by atoms with Gasteiger partial charge in [-0.25, -0.2) is 0 Å². The molecule has 0 saturated heterocycles. The fourth-order valence-corrected chi connectivity index (χ4v) is 2.90. The Hall–Kier alpha value is -1.75. The summed E-state index contributed by atoms with van der Waals surface area (Å²) in [6, 6.07) is 5.57. The van der Waals surface area contributed by atoms with E-state index in [-0.39, 0.29) is 5.91 Å². The van der Waals surface area contributed by atoms with E-state index in [4.69, 9.17) is 15.2 Å². The minimum absolute atomic E-state index is 0.00421. The van der Waals surface area contributed by atoms with E-state index in [2.05, 4.69) is 0 Å². The number of methoxy groups -OCH3 is 2. The third-order valence-electron chi connectivity index (χ3n) is 3.99. The van der Waals surface area contributed by atoms with Crippen LogP contribution in [0.1, 0.15) is 36.0 Å². The van der Waals surface area contributed by atoms with Gasteiger partial charge in [0.05, 0.1) is 14.2 Å². The van der Waals surface area contributed by atoms with Crippen LogP contribution in [0.15, 0.2) is 18.2 Å². The summed E-state index contributed by atoms with van der Waals surface area (Å²) in [5.41, 5.74) is 6.27. The highest BCUT2D eigenvalue weighted by atomic mass is 16.5. The summed E-state index contributed by atoms with van der Waals surface area (Å²) in [7, 11) is 3.16. The van der Waals surface area contributed by atoms with Crippen LogP contribution in [-0.2, 0) is 0 Å². The molecule has 1 aliphatic rings. The molecule has 0 aliphatic heterocycles. The van der Waals surface area contributed by atoms with Crippen molar-refractivity contribution in [3.8, 4) is 11.5 Å². The van der Waals surface area contributed by atoms with Gasteiger partial charge in [-0.15, -0.1) is 0 Å². The molecule has 1 amide bonds. The molecule has 21 heavy (non-hydrogen) atoms. The highest BCUT2D eigenvalue weighted by molar-refractivity contribution is 5.95. The minimum atomic E-state index is 0.00421. The molecule has 1 aromatic carbocycles. The average Bonchev–Trinajstić information content (AvgIpc) is 3.05. The molecule has 0 unspecified atom stereocenters. The van der Waals surface area contributed by atoms with Crippen molar-refractivity contribution in [2.45, 2.75) is 31.7 Å². The predicted octanol–water partition coefficient (Wildman–Crippen LogP) is 2.05. The standard InChI is InChI=1S/C16H24N2O3/c1-20-14-9-12(10-15(11-14)21-2)16(19)18(8-7-17)13-5-3-4-6-13/h9-11,13H,3-8,17H2,1-2H3. The van der Waals surface area contributed by atoms with Crippen LogP contribution in [0.4, 0.5) is 0 Å². The van der Waals surface area contributed by atoms with Gasteiger partial charge in [0.2, 0.25) is 0 Å². The molecule has 0 spiro atoms. The molecule has 5 nitrogen and oxygen atoms in total. The molecule has 1 fully saturated rings. The Morgan fingerprint density at radius 1 is 1.19 bits per heavy atom. The Morgan fingerprint density at radius 2 is 1.76 bits per heavy atom. The maximum absolute atomic E-state index is 12.8. The third kappa shape index (κ3) is 3.67. The lowest BCUT2D eigenvalue weighted by atomic mass is 10.1. The van der Waals surface area contributed by atoms with E-state index < -0.39 is 0 Å². The molecular formula is C16H24N2O3. The van der Waals surface area contributed by atoms with Crippen LogP contribution in [0.5, 0.6) is 11.5 Å².